The number of benzene rings is 1. The third-order valence-electron chi connectivity index (χ3n) is 2.70. The van der Waals surface area contributed by atoms with Gasteiger partial charge in [0.2, 0.25) is 0 Å². The van der Waals surface area contributed by atoms with Crippen LogP contribution in [0.3, 0.4) is 0 Å². The van der Waals surface area contributed by atoms with Crippen molar-refractivity contribution < 1.29 is 24.2 Å². The van der Waals surface area contributed by atoms with Gasteiger partial charge in [-0.15, -0.1) is 0 Å². The third-order valence-corrected chi connectivity index (χ3v) is 2.70. The fourth-order valence-electron chi connectivity index (χ4n) is 1.72. The molecular formula is C15H20O5. The summed E-state index contributed by atoms with van der Waals surface area (Å²) >= 11 is 0. The third kappa shape index (κ3) is 6.33. The van der Waals surface area contributed by atoms with Crippen molar-refractivity contribution in [3.63, 3.8) is 0 Å². The fourth-order valence-corrected chi connectivity index (χ4v) is 1.72. The van der Waals surface area contributed by atoms with Crippen LogP contribution in [0.5, 0.6) is 0 Å². The van der Waals surface area contributed by atoms with Crippen molar-refractivity contribution in [2.75, 3.05) is 19.8 Å². The molecule has 0 spiro atoms. The summed E-state index contributed by atoms with van der Waals surface area (Å²) in [6.07, 6.45) is 0.224. The van der Waals surface area contributed by atoms with Crippen molar-refractivity contribution in [3.8, 4) is 0 Å². The molecule has 0 aliphatic rings. The molecule has 0 saturated heterocycles. The summed E-state index contributed by atoms with van der Waals surface area (Å²) in [7, 11) is 0. The van der Waals surface area contributed by atoms with E-state index in [1.807, 2.05) is 30.3 Å². The highest BCUT2D eigenvalue weighted by molar-refractivity contribution is 5.91. The van der Waals surface area contributed by atoms with Crippen LogP contribution >= 0.6 is 0 Å². The van der Waals surface area contributed by atoms with Crippen molar-refractivity contribution in [1.29, 1.82) is 0 Å². The van der Waals surface area contributed by atoms with Crippen molar-refractivity contribution in [2.45, 2.75) is 19.8 Å². The lowest BCUT2D eigenvalue weighted by Crippen LogP contribution is -2.21. The molecule has 20 heavy (non-hydrogen) atoms. The average molecular weight is 280 g/mol. The van der Waals surface area contributed by atoms with E-state index in [0.29, 0.717) is 6.42 Å². The Kier molecular flexibility index (Phi) is 7.35. The van der Waals surface area contributed by atoms with Gasteiger partial charge in [0.15, 0.2) is 0 Å². The summed E-state index contributed by atoms with van der Waals surface area (Å²) in [5.41, 5.74) is 1.06. The monoisotopic (exact) mass is 280 g/mol. The lowest BCUT2D eigenvalue weighted by atomic mass is 10.0. The molecule has 1 aromatic carbocycles. The second-order valence-corrected chi connectivity index (χ2v) is 4.40. The molecule has 0 saturated carbocycles. The molecular weight excluding hydrogens is 260 g/mol. The van der Waals surface area contributed by atoms with Crippen LogP contribution in [-0.2, 0) is 25.5 Å². The van der Waals surface area contributed by atoms with Crippen LogP contribution in [0.4, 0.5) is 0 Å². The van der Waals surface area contributed by atoms with Gasteiger partial charge in [-0.3, -0.25) is 9.59 Å². The highest BCUT2D eigenvalue weighted by Gasteiger charge is 2.15. The van der Waals surface area contributed by atoms with Crippen LogP contribution in [0.25, 0.3) is 0 Å². The Labute approximate surface area is 118 Å². The molecule has 110 valence electrons. The lowest BCUT2D eigenvalue weighted by molar-refractivity contribution is -0.155. The summed E-state index contributed by atoms with van der Waals surface area (Å²) in [5, 5.41) is 9.28. The number of ether oxygens (including phenoxy) is 2. The van der Waals surface area contributed by atoms with Crippen molar-refractivity contribution in [2.24, 2.45) is 5.92 Å². The maximum absolute atomic E-state index is 11.4. The molecule has 0 radical (unpaired) electrons. The number of carbonyl (C=O) groups excluding carboxylic acids is 2. The van der Waals surface area contributed by atoms with E-state index >= 15 is 0 Å². The zero-order valence-electron chi connectivity index (χ0n) is 11.6. The first-order valence-electron chi connectivity index (χ1n) is 6.61. The molecule has 1 N–H and O–H groups in total. The molecule has 5 nitrogen and oxygen atoms in total. The first-order chi connectivity index (χ1) is 9.65. The Morgan fingerprint density at radius 3 is 2.40 bits per heavy atom. The van der Waals surface area contributed by atoms with E-state index in [4.69, 9.17) is 4.74 Å². The number of aliphatic hydroxyl groups excluding tert-OH is 1. The molecule has 5 heteroatoms. The van der Waals surface area contributed by atoms with Crippen LogP contribution in [0, 0.1) is 5.92 Å². The van der Waals surface area contributed by atoms with Crippen molar-refractivity contribution >= 4 is 11.9 Å². The molecule has 0 fully saturated rings. The van der Waals surface area contributed by atoms with Crippen LogP contribution < -0.4 is 0 Å². The summed E-state index contributed by atoms with van der Waals surface area (Å²) in [5.74, 6) is -1.40. The summed E-state index contributed by atoms with van der Waals surface area (Å²) in [6, 6.07) is 9.63. The molecule has 0 aliphatic carbocycles. The van der Waals surface area contributed by atoms with Gasteiger partial charge >= 0.3 is 11.9 Å². The maximum Gasteiger partial charge on any atom is 0.317 e. The van der Waals surface area contributed by atoms with E-state index in [1.165, 1.54) is 0 Å². The predicted octanol–water partition coefficient (Wildman–Crippen LogP) is 1.33. The highest BCUT2D eigenvalue weighted by atomic mass is 16.6. The van der Waals surface area contributed by atoms with Gasteiger partial charge in [-0.05, 0) is 18.9 Å². The Hall–Kier alpha value is -1.88. The molecule has 0 aromatic heterocycles. The Balaban J connectivity index is 2.34. The van der Waals surface area contributed by atoms with Crippen molar-refractivity contribution in [3.05, 3.63) is 35.9 Å². The Morgan fingerprint density at radius 2 is 1.80 bits per heavy atom. The molecule has 1 unspecified atom stereocenters. The largest absolute Gasteiger partial charge is 0.466 e. The quantitative estimate of drug-likeness (QED) is 0.574. The van der Waals surface area contributed by atoms with Gasteiger partial charge in [0.1, 0.15) is 6.42 Å². The van der Waals surface area contributed by atoms with Crippen LogP contribution in [0.2, 0.25) is 0 Å². The second-order valence-electron chi connectivity index (χ2n) is 4.40. The number of aliphatic hydroxyl groups is 1. The summed E-state index contributed by atoms with van der Waals surface area (Å²) in [4.78, 5) is 22.5. The average Bonchev–Trinajstić information content (AvgIpc) is 2.44. The molecule has 0 aliphatic heterocycles. The van der Waals surface area contributed by atoms with Crippen LogP contribution in [0.15, 0.2) is 30.3 Å². The van der Waals surface area contributed by atoms with E-state index in [9.17, 15) is 14.7 Å². The van der Waals surface area contributed by atoms with Gasteiger partial charge in [-0.25, -0.2) is 0 Å². The van der Waals surface area contributed by atoms with Gasteiger partial charge in [0.05, 0.1) is 13.2 Å². The maximum atomic E-state index is 11.4. The topological polar surface area (TPSA) is 72.8 Å². The summed E-state index contributed by atoms with van der Waals surface area (Å²) in [6.45, 7) is 1.91. The first kappa shape index (κ1) is 16.2. The van der Waals surface area contributed by atoms with Gasteiger partial charge in [-0.1, -0.05) is 30.3 Å². The molecule has 1 rings (SSSR count). The first-order valence-corrected chi connectivity index (χ1v) is 6.61. The van der Waals surface area contributed by atoms with Crippen LogP contribution in [-0.4, -0.2) is 36.9 Å². The smallest absolute Gasteiger partial charge is 0.317 e. The normalized spacial score (nSPS) is 11.7. The van der Waals surface area contributed by atoms with Crippen molar-refractivity contribution in [1.82, 2.24) is 0 Å². The highest BCUT2D eigenvalue weighted by Crippen LogP contribution is 2.09. The Morgan fingerprint density at radius 1 is 1.15 bits per heavy atom. The second kappa shape index (κ2) is 9.09. The summed E-state index contributed by atoms with van der Waals surface area (Å²) < 4.78 is 9.64. The molecule has 0 heterocycles. The minimum absolute atomic E-state index is 0.0818. The Bertz CT molecular complexity index is 416. The van der Waals surface area contributed by atoms with E-state index in [1.54, 1.807) is 6.92 Å². The van der Waals surface area contributed by atoms with Gasteiger partial charge in [-0.2, -0.15) is 0 Å². The number of carbonyl (C=O) groups is 2. The minimum atomic E-state index is -0.630. The number of rotatable bonds is 8. The van der Waals surface area contributed by atoms with Gasteiger partial charge in [0.25, 0.3) is 0 Å². The molecule has 0 amide bonds. The van der Waals surface area contributed by atoms with Gasteiger partial charge in [0, 0.05) is 12.5 Å². The zero-order chi connectivity index (χ0) is 14.8. The van der Waals surface area contributed by atoms with E-state index in [0.717, 1.165) is 5.56 Å². The van der Waals surface area contributed by atoms with E-state index in [2.05, 4.69) is 4.74 Å². The number of hydrogen-bond acceptors (Lipinski definition) is 5. The van der Waals surface area contributed by atoms with Crippen LogP contribution in [0.1, 0.15) is 18.9 Å². The van der Waals surface area contributed by atoms with E-state index < -0.39 is 18.4 Å². The fraction of sp³-hybridized carbons (Fsp3) is 0.467. The molecule has 1 aromatic rings. The number of hydrogen-bond donors (Lipinski definition) is 1. The minimum Gasteiger partial charge on any atom is -0.466 e. The SMILES string of the molecule is CCOC(=O)CC(=O)OCC(CO)Cc1ccccc1. The predicted molar refractivity (Wildman–Crippen MR) is 72.9 cm³/mol. The number of esters is 2. The molecule has 0 bridgehead atoms. The molecule has 1 atom stereocenters. The zero-order valence-corrected chi connectivity index (χ0v) is 11.6. The van der Waals surface area contributed by atoms with Gasteiger partial charge < -0.3 is 14.6 Å². The van der Waals surface area contributed by atoms with E-state index in [-0.39, 0.29) is 25.7 Å². The standard InChI is InChI=1S/C15H20O5/c1-2-19-14(17)9-15(18)20-11-13(10-16)8-12-6-4-3-5-7-12/h3-7,13,16H,2,8-11H2,1H3. The lowest BCUT2D eigenvalue weighted by Gasteiger charge is -2.14.